The molecule has 0 fully saturated rings. The predicted octanol–water partition coefficient (Wildman–Crippen LogP) is 3.73. The highest BCUT2D eigenvalue weighted by Crippen LogP contribution is 2.29. The maximum atomic E-state index is 12.9. The van der Waals surface area contributed by atoms with Crippen LogP contribution >= 0.6 is 0 Å². The van der Waals surface area contributed by atoms with Crippen molar-refractivity contribution in [2.75, 3.05) is 19.8 Å². The van der Waals surface area contributed by atoms with Crippen LogP contribution in [-0.4, -0.2) is 31.7 Å². The molecule has 0 spiro atoms. The molecule has 1 amide bonds. The summed E-state index contributed by atoms with van der Waals surface area (Å²) >= 11 is 0. The third-order valence-corrected chi connectivity index (χ3v) is 3.79. The normalized spacial score (nSPS) is 10.5. The van der Waals surface area contributed by atoms with E-state index in [-0.39, 0.29) is 17.9 Å². The average molecular weight is 403 g/mol. The topological polar surface area (TPSA) is 73.9 Å². The van der Waals surface area contributed by atoms with Crippen molar-refractivity contribution >= 4 is 11.9 Å². The van der Waals surface area contributed by atoms with Gasteiger partial charge in [-0.15, -0.1) is 0 Å². The number of ether oxygens (including phenoxy) is 3. The maximum absolute atomic E-state index is 12.9. The Morgan fingerprint density at radius 3 is 2.41 bits per heavy atom. The molecule has 0 saturated heterocycles. The van der Waals surface area contributed by atoms with E-state index < -0.39 is 18.5 Å². The maximum Gasteiger partial charge on any atom is 0.338 e. The predicted molar refractivity (Wildman–Crippen MR) is 106 cm³/mol. The third kappa shape index (κ3) is 7.44. The summed E-state index contributed by atoms with van der Waals surface area (Å²) in [6.07, 6.45) is 0. The van der Waals surface area contributed by atoms with Gasteiger partial charge in [-0.3, -0.25) is 4.79 Å². The van der Waals surface area contributed by atoms with Crippen LogP contribution in [0, 0.1) is 11.7 Å². The summed E-state index contributed by atoms with van der Waals surface area (Å²) < 4.78 is 29.2. The summed E-state index contributed by atoms with van der Waals surface area (Å²) in [5.41, 5.74) is 1.00. The van der Waals surface area contributed by atoms with Crippen LogP contribution in [0.2, 0.25) is 0 Å². The summed E-state index contributed by atoms with van der Waals surface area (Å²) in [5.74, 6) is -0.0935. The molecular formula is C22H26FNO5. The zero-order chi connectivity index (χ0) is 21.2. The van der Waals surface area contributed by atoms with Crippen molar-refractivity contribution in [3.05, 3.63) is 59.4 Å². The monoisotopic (exact) mass is 403 g/mol. The van der Waals surface area contributed by atoms with Crippen molar-refractivity contribution in [2.24, 2.45) is 5.92 Å². The highest BCUT2D eigenvalue weighted by atomic mass is 19.1. The molecule has 7 heteroatoms. The number of carbonyl (C=O) groups is 2. The smallest absolute Gasteiger partial charge is 0.338 e. The molecule has 0 atom stereocenters. The van der Waals surface area contributed by atoms with E-state index in [9.17, 15) is 14.0 Å². The molecule has 0 heterocycles. The fourth-order valence-corrected chi connectivity index (χ4v) is 2.35. The van der Waals surface area contributed by atoms with Crippen molar-refractivity contribution in [3.8, 4) is 11.5 Å². The summed E-state index contributed by atoms with van der Waals surface area (Å²) in [7, 11) is 0. The Morgan fingerprint density at radius 1 is 1.03 bits per heavy atom. The molecule has 0 aliphatic heterocycles. The number of carbonyl (C=O) groups excluding carboxylic acids is 2. The Labute approximate surface area is 170 Å². The van der Waals surface area contributed by atoms with Crippen molar-refractivity contribution in [2.45, 2.75) is 27.3 Å². The minimum Gasteiger partial charge on any atom is -0.490 e. The highest BCUT2D eigenvalue weighted by Gasteiger charge is 2.14. The molecule has 0 aliphatic rings. The Morgan fingerprint density at radius 2 is 1.76 bits per heavy atom. The Hall–Kier alpha value is -3.09. The van der Waals surface area contributed by atoms with Crippen molar-refractivity contribution in [1.82, 2.24) is 5.32 Å². The van der Waals surface area contributed by atoms with Gasteiger partial charge in [-0.2, -0.15) is 0 Å². The van der Waals surface area contributed by atoms with Crippen LogP contribution in [0.1, 0.15) is 36.7 Å². The first-order valence-corrected chi connectivity index (χ1v) is 9.47. The van der Waals surface area contributed by atoms with E-state index in [1.54, 1.807) is 24.3 Å². The molecule has 2 aromatic carbocycles. The molecular weight excluding hydrogens is 377 g/mol. The van der Waals surface area contributed by atoms with Gasteiger partial charge in [-0.1, -0.05) is 26.0 Å². The first-order chi connectivity index (χ1) is 13.9. The Balaban J connectivity index is 1.89. The van der Waals surface area contributed by atoms with Crippen molar-refractivity contribution in [3.63, 3.8) is 0 Å². The Kier molecular flexibility index (Phi) is 8.45. The Bertz CT molecular complexity index is 820. The quantitative estimate of drug-likeness (QED) is 0.612. The van der Waals surface area contributed by atoms with E-state index in [2.05, 4.69) is 5.32 Å². The second kappa shape index (κ2) is 11.0. The lowest BCUT2D eigenvalue weighted by atomic mass is 10.2. The van der Waals surface area contributed by atoms with Crippen LogP contribution in [-0.2, 0) is 16.1 Å². The number of hydrogen-bond donors (Lipinski definition) is 1. The second-order valence-electron chi connectivity index (χ2n) is 6.78. The first kappa shape index (κ1) is 22.2. The third-order valence-electron chi connectivity index (χ3n) is 3.79. The standard InChI is InChI=1S/C22H26FNO5/c1-4-27-20-11-17(7-10-19(20)28-13-15(2)3)22(26)29-14-21(25)24-12-16-5-8-18(23)9-6-16/h5-11,15H,4,12-14H2,1-3H3,(H,24,25). The van der Waals surface area contributed by atoms with Gasteiger partial charge in [-0.05, 0) is 48.7 Å². The minimum absolute atomic E-state index is 0.215. The lowest BCUT2D eigenvalue weighted by molar-refractivity contribution is -0.124. The van der Waals surface area contributed by atoms with Gasteiger partial charge in [0.1, 0.15) is 5.82 Å². The van der Waals surface area contributed by atoms with Gasteiger partial charge >= 0.3 is 5.97 Å². The fraction of sp³-hybridized carbons (Fsp3) is 0.364. The van der Waals surface area contributed by atoms with Gasteiger partial charge in [0.15, 0.2) is 18.1 Å². The molecule has 0 radical (unpaired) electrons. The SMILES string of the molecule is CCOc1cc(C(=O)OCC(=O)NCc2ccc(F)cc2)ccc1OCC(C)C. The number of halogens is 1. The van der Waals surface area contributed by atoms with Crippen LogP contribution in [0.5, 0.6) is 11.5 Å². The number of nitrogens with one attached hydrogen (secondary N) is 1. The summed E-state index contributed by atoms with van der Waals surface area (Å²) in [6.45, 7) is 6.65. The van der Waals surface area contributed by atoms with E-state index in [0.29, 0.717) is 30.6 Å². The molecule has 29 heavy (non-hydrogen) atoms. The van der Waals surface area contributed by atoms with Crippen molar-refractivity contribution < 1.29 is 28.2 Å². The number of amides is 1. The largest absolute Gasteiger partial charge is 0.490 e. The van der Waals surface area contributed by atoms with Gasteiger partial charge in [0.25, 0.3) is 5.91 Å². The van der Waals surface area contributed by atoms with Crippen LogP contribution < -0.4 is 14.8 Å². The molecule has 1 N–H and O–H groups in total. The minimum atomic E-state index is -0.640. The van der Waals surface area contributed by atoms with E-state index >= 15 is 0 Å². The van der Waals surface area contributed by atoms with Gasteiger partial charge in [0.2, 0.25) is 0 Å². The lowest BCUT2D eigenvalue weighted by Gasteiger charge is -2.14. The highest BCUT2D eigenvalue weighted by molar-refractivity contribution is 5.92. The summed E-state index contributed by atoms with van der Waals surface area (Å²) in [4.78, 5) is 24.1. The first-order valence-electron chi connectivity index (χ1n) is 9.47. The molecule has 6 nitrogen and oxygen atoms in total. The molecule has 2 aromatic rings. The fourth-order valence-electron chi connectivity index (χ4n) is 2.35. The zero-order valence-electron chi connectivity index (χ0n) is 16.9. The van der Waals surface area contributed by atoms with Crippen LogP contribution in [0.25, 0.3) is 0 Å². The zero-order valence-corrected chi connectivity index (χ0v) is 16.9. The number of benzene rings is 2. The average Bonchev–Trinajstić information content (AvgIpc) is 2.70. The van der Waals surface area contributed by atoms with Gasteiger partial charge in [-0.25, -0.2) is 9.18 Å². The summed E-state index contributed by atoms with van der Waals surface area (Å²) in [6, 6.07) is 10.5. The molecule has 0 unspecified atom stereocenters. The van der Waals surface area contributed by atoms with Crippen molar-refractivity contribution in [1.29, 1.82) is 0 Å². The van der Waals surface area contributed by atoms with Gasteiger partial charge in [0, 0.05) is 6.54 Å². The molecule has 2 rings (SSSR count). The number of hydrogen-bond acceptors (Lipinski definition) is 5. The molecule has 0 bridgehead atoms. The van der Waals surface area contributed by atoms with Crippen LogP contribution in [0.3, 0.4) is 0 Å². The lowest BCUT2D eigenvalue weighted by Crippen LogP contribution is -2.28. The van der Waals surface area contributed by atoms with Gasteiger partial charge < -0.3 is 19.5 Å². The van der Waals surface area contributed by atoms with E-state index in [1.807, 2.05) is 20.8 Å². The molecule has 0 aliphatic carbocycles. The number of rotatable bonds is 10. The summed E-state index contributed by atoms with van der Waals surface area (Å²) in [5, 5.41) is 2.61. The van der Waals surface area contributed by atoms with Gasteiger partial charge in [0.05, 0.1) is 18.8 Å². The van der Waals surface area contributed by atoms with Crippen LogP contribution in [0.4, 0.5) is 4.39 Å². The van der Waals surface area contributed by atoms with Crippen LogP contribution in [0.15, 0.2) is 42.5 Å². The molecule has 0 aromatic heterocycles. The molecule has 0 saturated carbocycles. The van der Waals surface area contributed by atoms with E-state index in [0.717, 1.165) is 5.56 Å². The van der Waals surface area contributed by atoms with E-state index in [1.165, 1.54) is 18.2 Å². The molecule has 156 valence electrons. The number of esters is 1. The van der Waals surface area contributed by atoms with E-state index in [4.69, 9.17) is 14.2 Å². The second-order valence-corrected chi connectivity index (χ2v) is 6.78.